The molecular weight excluding hydrogens is 467 g/mol. The quantitative estimate of drug-likeness (QED) is 0.445. The van der Waals surface area contributed by atoms with Gasteiger partial charge in [0.15, 0.2) is 5.78 Å². The molecule has 4 rings (SSSR count). The largest absolute Gasteiger partial charge is 0.326 e. The van der Waals surface area contributed by atoms with Crippen molar-refractivity contribution in [2.75, 3.05) is 19.6 Å². The van der Waals surface area contributed by atoms with Crippen LogP contribution in [0, 0.1) is 12.7 Å². The molecule has 2 aromatic carbocycles. The molecule has 2 heterocycles. The summed E-state index contributed by atoms with van der Waals surface area (Å²) in [4.78, 5) is 28.8. The highest BCUT2D eigenvalue weighted by Crippen LogP contribution is 2.30. The second-order valence-corrected chi connectivity index (χ2v) is 10.0. The predicted molar refractivity (Wildman–Crippen MR) is 135 cm³/mol. The molecule has 0 spiro atoms. The Morgan fingerprint density at radius 1 is 1.19 bits per heavy atom. The first-order valence-electron chi connectivity index (χ1n) is 12.3. The molecule has 0 aliphatic carbocycles. The van der Waals surface area contributed by atoms with E-state index in [0.717, 1.165) is 43.8 Å². The summed E-state index contributed by atoms with van der Waals surface area (Å²) >= 11 is 0. The van der Waals surface area contributed by atoms with E-state index in [9.17, 15) is 22.8 Å². The molecule has 2 N–H and O–H groups in total. The van der Waals surface area contributed by atoms with E-state index in [-0.39, 0.29) is 36.3 Å². The van der Waals surface area contributed by atoms with Gasteiger partial charge in [-0.1, -0.05) is 12.1 Å². The van der Waals surface area contributed by atoms with Crippen LogP contribution >= 0.6 is 0 Å². The van der Waals surface area contributed by atoms with Crippen molar-refractivity contribution in [3.63, 3.8) is 0 Å². The van der Waals surface area contributed by atoms with Gasteiger partial charge in [0.1, 0.15) is 5.82 Å². The van der Waals surface area contributed by atoms with Gasteiger partial charge in [-0.25, -0.2) is 13.2 Å². The molecule has 1 saturated heterocycles. The number of alkyl halides is 2. The molecular formula is C28H32F3N3O2. The van der Waals surface area contributed by atoms with Crippen molar-refractivity contribution in [2.45, 2.75) is 58.0 Å². The lowest BCUT2D eigenvalue weighted by molar-refractivity contribution is 0.0137. The molecule has 3 aromatic rings. The number of fused-ring (bicyclic) bond motifs is 1. The van der Waals surface area contributed by atoms with Gasteiger partial charge < -0.3 is 10.3 Å². The molecule has 2 atom stereocenters. The summed E-state index contributed by atoms with van der Waals surface area (Å²) in [5.74, 6) is -4.44. The number of hydrogen-bond acceptors (Lipinski definition) is 4. The fourth-order valence-corrected chi connectivity index (χ4v) is 5.11. The first-order chi connectivity index (χ1) is 17.0. The van der Waals surface area contributed by atoms with Crippen LogP contribution in [0.3, 0.4) is 0 Å². The van der Waals surface area contributed by atoms with Crippen LogP contribution in [-0.2, 0) is 12.3 Å². The topological polar surface area (TPSA) is 68.3 Å². The van der Waals surface area contributed by atoms with Gasteiger partial charge in [0.25, 0.3) is 11.5 Å². The third kappa shape index (κ3) is 5.39. The van der Waals surface area contributed by atoms with E-state index in [0.29, 0.717) is 28.8 Å². The number of ketones is 1. The maximum absolute atomic E-state index is 14.1. The molecule has 1 aliphatic heterocycles. The normalized spacial score (nSPS) is 17.6. The number of benzene rings is 2. The molecule has 0 radical (unpaired) electrons. The Morgan fingerprint density at radius 3 is 2.58 bits per heavy atom. The summed E-state index contributed by atoms with van der Waals surface area (Å²) in [6, 6.07) is 8.99. The van der Waals surface area contributed by atoms with Crippen molar-refractivity contribution < 1.29 is 18.0 Å². The van der Waals surface area contributed by atoms with Crippen LogP contribution in [0.25, 0.3) is 10.8 Å². The number of Topliss-reactive ketones (excluding diaryl/α,β-unsaturated/α-hetero) is 1. The molecule has 1 aromatic heterocycles. The average molecular weight is 500 g/mol. The van der Waals surface area contributed by atoms with E-state index in [1.165, 1.54) is 6.07 Å². The summed E-state index contributed by atoms with van der Waals surface area (Å²) in [5.41, 5.74) is 6.86. The summed E-state index contributed by atoms with van der Waals surface area (Å²) in [5, 5.41) is 1.06. The minimum Gasteiger partial charge on any atom is -0.326 e. The molecule has 5 nitrogen and oxygen atoms in total. The number of aryl methyl sites for hydroxylation is 2. The Hall–Kier alpha value is -2.97. The van der Waals surface area contributed by atoms with Crippen molar-refractivity contribution in [1.82, 2.24) is 9.47 Å². The zero-order valence-electron chi connectivity index (χ0n) is 20.9. The van der Waals surface area contributed by atoms with Crippen LogP contribution in [0.1, 0.15) is 59.8 Å². The third-order valence-corrected chi connectivity index (χ3v) is 7.05. The average Bonchev–Trinajstić information content (AvgIpc) is 3.21. The number of hydrogen-bond donors (Lipinski definition) is 1. The van der Waals surface area contributed by atoms with E-state index in [1.807, 2.05) is 13.8 Å². The zero-order valence-corrected chi connectivity index (χ0v) is 20.9. The molecule has 0 saturated carbocycles. The molecule has 1 fully saturated rings. The van der Waals surface area contributed by atoms with Crippen molar-refractivity contribution in [3.05, 3.63) is 81.0 Å². The number of rotatable bonds is 8. The lowest BCUT2D eigenvalue weighted by Gasteiger charge is -2.23. The summed E-state index contributed by atoms with van der Waals surface area (Å²) in [6.07, 6.45) is 2.95. The standard InChI is InChI=1S/C28H32F3N3O2/c1-17-4-7-22-21(11-13-34(27(22)36)18(2)15-33-12-10-20(32)16-33)26(17)25(35)9-6-19-5-8-23(24(29)14-19)28(3,30)31/h4-5,7-8,11,13-14,18,20H,6,9-10,12,15-16,32H2,1-3H3/t18-,20+/m1/s1. The Morgan fingerprint density at radius 2 is 1.94 bits per heavy atom. The van der Waals surface area contributed by atoms with E-state index >= 15 is 0 Å². The van der Waals surface area contributed by atoms with E-state index < -0.39 is 17.3 Å². The number of nitrogens with zero attached hydrogens (tertiary/aromatic N) is 2. The number of carbonyl (C=O) groups is 1. The summed E-state index contributed by atoms with van der Waals surface area (Å²) in [6.45, 7) is 6.91. The zero-order chi connectivity index (χ0) is 26.2. The maximum atomic E-state index is 14.1. The van der Waals surface area contributed by atoms with Crippen LogP contribution in [-0.4, -0.2) is 40.9 Å². The van der Waals surface area contributed by atoms with Gasteiger partial charge in [-0.15, -0.1) is 0 Å². The van der Waals surface area contributed by atoms with Crippen LogP contribution in [0.5, 0.6) is 0 Å². The van der Waals surface area contributed by atoms with Crippen LogP contribution < -0.4 is 11.3 Å². The van der Waals surface area contributed by atoms with Gasteiger partial charge in [0.05, 0.1) is 5.56 Å². The van der Waals surface area contributed by atoms with Gasteiger partial charge in [0, 0.05) is 55.7 Å². The first kappa shape index (κ1) is 26.1. The fourth-order valence-electron chi connectivity index (χ4n) is 5.11. The van der Waals surface area contributed by atoms with Crippen molar-refractivity contribution >= 4 is 16.6 Å². The van der Waals surface area contributed by atoms with Gasteiger partial charge in [-0.05, 0) is 74.0 Å². The monoisotopic (exact) mass is 499 g/mol. The molecule has 0 bridgehead atoms. The SMILES string of the molecule is Cc1ccc2c(=O)n([C@H](C)CN3CC[C@H](N)C3)ccc2c1C(=O)CCc1ccc(C(C)(F)F)c(F)c1. The van der Waals surface area contributed by atoms with E-state index in [4.69, 9.17) is 5.73 Å². The van der Waals surface area contributed by atoms with E-state index in [2.05, 4.69) is 4.90 Å². The van der Waals surface area contributed by atoms with Gasteiger partial charge in [-0.2, -0.15) is 0 Å². The van der Waals surface area contributed by atoms with Crippen LogP contribution in [0.4, 0.5) is 13.2 Å². The van der Waals surface area contributed by atoms with Gasteiger partial charge >= 0.3 is 0 Å². The maximum Gasteiger partial charge on any atom is 0.273 e. The lowest BCUT2D eigenvalue weighted by Crippen LogP contribution is -2.34. The minimum absolute atomic E-state index is 0.0546. The van der Waals surface area contributed by atoms with Crippen LogP contribution in [0.2, 0.25) is 0 Å². The Labute approximate surface area is 208 Å². The number of aromatic nitrogens is 1. The highest BCUT2D eigenvalue weighted by atomic mass is 19.3. The predicted octanol–water partition coefficient (Wildman–Crippen LogP) is 4.97. The van der Waals surface area contributed by atoms with Gasteiger partial charge in [-0.3, -0.25) is 14.5 Å². The molecule has 0 unspecified atom stereocenters. The summed E-state index contributed by atoms with van der Waals surface area (Å²) in [7, 11) is 0. The Bertz CT molecular complexity index is 1350. The van der Waals surface area contributed by atoms with Crippen molar-refractivity contribution in [1.29, 1.82) is 0 Å². The number of halogens is 3. The Kier molecular flexibility index (Phi) is 7.38. The number of carbonyl (C=O) groups excluding carboxylic acids is 1. The molecule has 36 heavy (non-hydrogen) atoms. The van der Waals surface area contributed by atoms with Crippen molar-refractivity contribution in [3.8, 4) is 0 Å². The second kappa shape index (κ2) is 10.2. The lowest BCUT2D eigenvalue weighted by atomic mass is 9.94. The van der Waals surface area contributed by atoms with Crippen LogP contribution in [0.15, 0.2) is 47.4 Å². The van der Waals surface area contributed by atoms with E-state index in [1.54, 1.807) is 29.0 Å². The highest BCUT2D eigenvalue weighted by Gasteiger charge is 2.28. The number of likely N-dealkylation sites (tertiary alicyclic amines) is 1. The molecule has 0 amide bonds. The van der Waals surface area contributed by atoms with Crippen molar-refractivity contribution in [2.24, 2.45) is 5.73 Å². The smallest absolute Gasteiger partial charge is 0.273 e. The molecule has 1 aliphatic rings. The number of pyridine rings is 1. The second-order valence-electron chi connectivity index (χ2n) is 10.0. The number of nitrogens with two attached hydrogens (primary N) is 1. The third-order valence-electron chi connectivity index (χ3n) is 7.05. The minimum atomic E-state index is -3.27. The highest BCUT2D eigenvalue weighted by molar-refractivity contribution is 6.09. The summed E-state index contributed by atoms with van der Waals surface area (Å²) < 4.78 is 42.8. The Balaban J connectivity index is 1.56. The molecule has 192 valence electrons. The molecule has 8 heteroatoms. The van der Waals surface area contributed by atoms with Gasteiger partial charge in [0.2, 0.25) is 0 Å². The fraction of sp³-hybridized carbons (Fsp3) is 0.429. The first-order valence-corrected chi connectivity index (χ1v) is 12.3.